The van der Waals surface area contributed by atoms with E-state index in [2.05, 4.69) is 39.2 Å². The lowest BCUT2D eigenvalue weighted by molar-refractivity contribution is -0.112. The van der Waals surface area contributed by atoms with Crippen LogP contribution in [0, 0.1) is 13.8 Å². The number of fused-ring (bicyclic) bond motifs is 1. The fourth-order valence-corrected chi connectivity index (χ4v) is 5.35. The van der Waals surface area contributed by atoms with Crippen LogP contribution < -0.4 is 15.1 Å². The van der Waals surface area contributed by atoms with E-state index >= 15 is 0 Å². The summed E-state index contributed by atoms with van der Waals surface area (Å²) in [6.07, 6.45) is 3.68. The molecule has 2 aromatic carbocycles. The van der Waals surface area contributed by atoms with Crippen LogP contribution in [-0.2, 0) is 4.79 Å². The van der Waals surface area contributed by atoms with E-state index in [-0.39, 0.29) is 0 Å². The Bertz CT molecular complexity index is 1700. The maximum atomic E-state index is 13.6. The fraction of sp³-hybridized carbons (Fsp3) is 0.182. The number of pyridine rings is 2. The number of aromatic nitrogens is 2. The highest BCUT2D eigenvalue weighted by atomic mass is 16.2. The average molecular weight is 530 g/mol. The van der Waals surface area contributed by atoms with Crippen LogP contribution in [0.1, 0.15) is 21.6 Å². The molecule has 4 heterocycles. The van der Waals surface area contributed by atoms with Crippen molar-refractivity contribution in [1.82, 2.24) is 9.38 Å². The number of hydrogen-bond donors (Lipinski definition) is 1. The molecular formula is C33H31N5O2. The number of ketones is 1. The van der Waals surface area contributed by atoms with Crippen LogP contribution in [0.4, 0.5) is 17.2 Å². The first-order valence-electron chi connectivity index (χ1n) is 13.5. The summed E-state index contributed by atoms with van der Waals surface area (Å²) >= 11 is 0. The number of nitrogens with zero attached hydrogens (tertiary/aromatic N) is 4. The van der Waals surface area contributed by atoms with Crippen molar-refractivity contribution in [2.45, 2.75) is 13.8 Å². The lowest BCUT2D eigenvalue weighted by Crippen LogP contribution is -2.46. The average Bonchev–Trinajstić information content (AvgIpc) is 3.38. The molecule has 3 aromatic heterocycles. The Morgan fingerprint density at radius 1 is 0.800 bits per heavy atom. The van der Waals surface area contributed by atoms with E-state index in [0.717, 1.165) is 59.9 Å². The van der Waals surface area contributed by atoms with Gasteiger partial charge in [0.1, 0.15) is 11.5 Å². The lowest BCUT2D eigenvalue weighted by Gasteiger charge is -2.37. The third-order valence-corrected chi connectivity index (χ3v) is 7.51. The molecule has 1 N–H and O–H groups in total. The molecule has 1 amide bonds. The third kappa shape index (κ3) is 4.94. The van der Waals surface area contributed by atoms with Crippen molar-refractivity contribution in [3.63, 3.8) is 0 Å². The van der Waals surface area contributed by atoms with Crippen LogP contribution in [0.2, 0.25) is 0 Å². The molecule has 200 valence electrons. The Labute approximate surface area is 233 Å². The predicted octanol–water partition coefficient (Wildman–Crippen LogP) is 5.77. The minimum atomic E-state index is -0.656. The molecule has 7 heteroatoms. The summed E-state index contributed by atoms with van der Waals surface area (Å²) in [6, 6.07) is 27.4. The van der Waals surface area contributed by atoms with Crippen LogP contribution in [0.15, 0.2) is 97.3 Å². The van der Waals surface area contributed by atoms with Crippen LogP contribution in [0.5, 0.6) is 0 Å². The number of carbonyl (C=O) groups excluding carboxylic acids is 2. The highest BCUT2D eigenvalue weighted by Gasteiger charge is 2.25. The van der Waals surface area contributed by atoms with E-state index in [1.54, 1.807) is 4.40 Å². The molecule has 1 fully saturated rings. The van der Waals surface area contributed by atoms with E-state index in [4.69, 9.17) is 0 Å². The van der Waals surface area contributed by atoms with Crippen LogP contribution in [0.25, 0.3) is 16.6 Å². The second-order valence-corrected chi connectivity index (χ2v) is 10.2. The molecule has 0 atom stereocenters. The molecular weight excluding hydrogens is 498 g/mol. The van der Waals surface area contributed by atoms with Gasteiger partial charge in [-0.1, -0.05) is 36.4 Å². The van der Waals surface area contributed by atoms with E-state index in [1.807, 2.05) is 92.1 Å². The second kappa shape index (κ2) is 10.7. The van der Waals surface area contributed by atoms with Gasteiger partial charge in [0.2, 0.25) is 0 Å². The molecule has 1 aliphatic rings. The number of hydrogen-bond acceptors (Lipinski definition) is 5. The second-order valence-electron chi connectivity index (χ2n) is 10.2. The maximum Gasteiger partial charge on any atom is 0.298 e. The molecule has 1 aliphatic heterocycles. The highest BCUT2D eigenvalue weighted by molar-refractivity contribution is 6.47. The minimum Gasteiger partial charge on any atom is -0.368 e. The molecule has 0 spiro atoms. The smallest absolute Gasteiger partial charge is 0.298 e. The van der Waals surface area contributed by atoms with Gasteiger partial charge in [0, 0.05) is 61.0 Å². The molecule has 0 unspecified atom stereocenters. The van der Waals surface area contributed by atoms with Gasteiger partial charge < -0.3 is 19.5 Å². The van der Waals surface area contributed by atoms with Gasteiger partial charge in [0.25, 0.3) is 11.7 Å². The van der Waals surface area contributed by atoms with Crippen molar-refractivity contribution < 1.29 is 9.59 Å². The number of rotatable bonds is 6. The lowest BCUT2D eigenvalue weighted by atomic mass is 10.0. The first-order chi connectivity index (χ1) is 19.5. The molecule has 7 nitrogen and oxygen atoms in total. The van der Waals surface area contributed by atoms with Crippen LogP contribution in [0.3, 0.4) is 0 Å². The molecule has 1 saturated heterocycles. The summed E-state index contributed by atoms with van der Waals surface area (Å²) in [6.45, 7) is 7.57. The zero-order valence-corrected chi connectivity index (χ0v) is 22.7. The summed E-state index contributed by atoms with van der Waals surface area (Å²) in [5.74, 6) is -0.213. The zero-order valence-electron chi connectivity index (χ0n) is 22.7. The van der Waals surface area contributed by atoms with Crippen molar-refractivity contribution in [3.05, 3.63) is 114 Å². The summed E-state index contributed by atoms with van der Waals surface area (Å²) < 4.78 is 1.78. The number of amides is 1. The number of carbonyl (C=O) groups is 2. The topological polar surface area (TPSA) is 70.0 Å². The number of Topliss-reactive ketones (excluding diaryl/α,β-unsaturated/α-hetero) is 1. The van der Waals surface area contributed by atoms with Gasteiger partial charge in [-0.05, 0) is 79.1 Å². The van der Waals surface area contributed by atoms with Gasteiger partial charge in [-0.3, -0.25) is 9.59 Å². The van der Waals surface area contributed by atoms with Crippen LogP contribution >= 0.6 is 0 Å². The molecule has 6 rings (SSSR count). The Hall–Kier alpha value is -4.91. The van der Waals surface area contributed by atoms with Gasteiger partial charge in [0.15, 0.2) is 0 Å². The van der Waals surface area contributed by atoms with Crippen LogP contribution in [-0.4, -0.2) is 47.3 Å². The van der Waals surface area contributed by atoms with Gasteiger partial charge in [-0.2, -0.15) is 0 Å². The van der Waals surface area contributed by atoms with Crippen molar-refractivity contribution in [1.29, 1.82) is 0 Å². The van der Waals surface area contributed by atoms with Gasteiger partial charge in [-0.15, -0.1) is 0 Å². The molecule has 5 aromatic rings. The fourth-order valence-electron chi connectivity index (χ4n) is 5.35. The first-order valence-corrected chi connectivity index (χ1v) is 13.5. The SMILES string of the molecule is Cc1ccnc(N2CCN(c3ccc(NC(=O)C(=O)c4c(-c5ccccc5)cc5ccccn45)c(C)c3)CC2)c1. The monoisotopic (exact) mass is 529 g/mol. The number of aryl methyl sites for hydroxylation is 2. The molecule has 40 heavy (non-hydrogen) atoms. The zero-order chi connectivity index (χ0) is 27.6. The van der Waals surface area contributed by atoms with Crippen molar-refractivity contribution in [3.8, 4) is 11.1 Å². The van der Waals surface area contributed by atoms with Gasteiger partial charge >= 0.3 is 0 Å². The summed E-state index contributed by atoms with van der Waals surface area (Å²) in [5, 5.41) is 2.87. The van der Waals surface area contributed by atoms with E-state index in [1.165, 1.54) is 5.56 Å². The van der Waals surface area contributed by atoms with Gasteiger partial charge in [-0.25, -0.2) is 4.98 Å². The molecule has 0 radical (unpaired) electrons. The van der Waals surface area contributed by atoms with Crippen molar-refractivity contribution >= 4 is 34.4 Å². The molecule has 0 bridgehead atoms. The normalized spacial score (nSPS) is 13.4. The Kier molecular flexibility index (Phi) is 6.78. The standard InChI is InChI=1S/C33H31N5O2/c1-23-13-14-34-30(20-23)37-18-16-36(17-19-37)26-11-12-29(24(2)21-26)35-33(40)32(39)31-28(25-8-4-3-5-9-25)22-27-10-6-7-15-38(27)31/h3-15,20-22H,16-19H2,1-2H3,(H,35,40). The van der Waals surface area contributed by atoms with E-state index in [0.29, 0.717) is 11.4 Å². The Morgan fingerprint density at radius 3 is 2.30 bits per heavy atom. The Balaban J connectivity index is 1.18. The first kappa shape index (κ1) is 25.4. The number of piperazine rings is 1. The summed E-state index contributed by atoms with van der Waals surface area (Å²) in [5.41, 5.74) is 6.69. The highest BCUT2D eigenvalue weighted by Crippen LogP contribution is 2.29. The largest absolute Gasteiger partial charge is 0.368 e. The predicted molar refractivity (Wildman–Crippen MR) is 160 cm³/mol. The quantitative estimate of drug-likeness (QED) is 0.224. The van der Waals surface area contributed by atoms with E-state index < -0.39 is 11.7 Å². The summed E-state index contributed by atoms with van der Waals surface area (Å²) in [4.78, 5) is 36.0. The maximum absolute atomic E-state index is 13.6. The van der Waals surface area contributed by atoms with Crippen molar-refractivity contribution in [2.24, 2.45) is 0 Å². The van der Waals surface area contributed by atoms with Gasteiger partial charge in [0.05, 0.1) is 0 Å². The van der Waals surface area contributed by atoms with E-state index in [9.17, 15) is 9.59 Å². The molecule has 0 aliphatic carbocycles. The van der Waals surface area contributed by atoms with Crippen molar-refractivity contribution in [2.75, 3.05) is 41.3 Å². The minimum absolute atomic E-state index is 0.356. The molecule has 0 saturated carbocycles. The number of benzene rings is 2. The Morgan fingerprint density at radius 2 is 1.55 bits per heavy atom. The number of anilines is 3. The summed E-state index contributed by atoms with van der Waals surface area (Å²) in [7, 11) is 0. The number of nitrogens with one attached hydrogen (secondary N) is 1. The third-order valence-electron chi connectivity index (χ3n) is 7.51.